The number of hydrogen-bond acceptors (Lipinski definition) is 0. The molecule has 0 spiro atoms. The Hall–Kier alpha value is 0. The van der Waals surface area contributed by atoms with Crippen LogP contribution in [0.4, 0.5) is 0 Å². The SMILES string of the molecule is C[C@H]([C@H](C)[C@H](C)C1CC1)[C@@H](C)[C@@]12C[C@H]1CC[C@H](C)[C@H]2C. The summed E-state index contributed by atoms with van der Waals surface area (Å²) < 4.78 is 0. The first-order valence-corrected chi connectivity index (χ1v) is 9.39. The first kappa shape index (κ1) is 14.9. The number of rotatable bonds is 5. The van der Waals surface area contributed by atoms with Gasteiger partial charge in [-0.05, 0) is 78.4 Å². The van der Waals surface area contributed by atoms with E-state index in [0.717, 1.165) is 52.8 Å². The van der Waals surface area contributed by atoms with Gasteiger partial charge >= 0.3 is 0 Å². The van der Waals surface area contributed by atoms with E-state index in [1.165, 1.54) is 25.7 Å². The van der Waals surface area contributed by atoms with Crippen LogP contribution in [0, 0.1) is 52.8 Å². The van der Waals surface area contributed by atoms with Crippen molar-refractivity contribution in [1.29, 1.82) is 0 Å². The zero-order chi connectivity index (χ0) is 14.7. The van der Waals surface area contributed by atoms with E-state index < -0.39 is 0 Å². The minimum Gasteiger partial charge on any atom is -0.0622 e. The van der Waals surface area contributed by atoms with Crippen molar-refractivity contribution < 1.29 is 0 Å². The largest absolute Gasteiger partial charge is 0.0622 e. The Morgan fingerprint density at radius 1 is 0.850 bits per heavy atom. The fourth-order valence-electron chi connectivity index (χ4n) is 5.99. The van der Waals surface area contributed by atoms with E-state index in [-0.39, 0.29) is 0 Å². The van der Waals surface area contributed by atoms with Gasteiger partial charge in [0.1, 0.15) is 0 Å². The van der Waals surface area contributed by atoms with Crippen LogP contribution < -0.4 is 0 Å². The van der Waals surface area contributed by atoms with E-state index >= 15 is 0 Å². The third-order valence-corrected chi connectivity index (χ3v) is 8.53. The zero-order valence-corrected chi connectivity index (χ0v) is 14.7. The van der Waals surface area contributed by atoms with Gasteiger partial charge in [0.2, 0.25) is 0 Å². The fraction of sp³-hybridized carbons (Fsp3) is 1.00. The van der Waals surface area contributed by atoms with Crippen molar-refractivity contribution in [2.75, 3.05) is 0 Å². The molecule has 3 saturated carbocycles. The summed E-state index contributed by atoms with van der Waals surface area (Å²) in [5.74, 6) is 7.77. The molecule has 0 saturated heterocycles. The van der Waals surface area contributed by atoms with Gasteiger partial charge in [-0.15, -0.1) is 0 Å². The maximum Gasteiger partial charge on any atom is -0.0210 e. The molecule has 0 N–H and O–H groups in total. The van der Waals surface area contributed by atoms with Crippen molar-refractivity contribution in [3.05, 3.63) is 0 Å². The van der Waals surface area contributed by atoms with Gasteiger partial charge in [-0.1, -0.05) is 48.0 Å². The predicted octanol–water partition coefficient (Wildman–Crippen LogP) is 6.01. The molecule has 0 unspecified atom stereocenters. The second kappa shape index (κ2) is 5.03. The monoisotopic (exact) mass is 276 g/mol. The van der Waals surface area contributed by atoms with Gasteiger partial charge in [0, 0.05) is 0 Å². The smallest absolute Gasteiger partial charge is 0.0210 e. The molecule has 0 nitrogen and oxygen atoms in total. The van der Waals surface area contributed by atoms with E-state index in [9.17, 15) is 0 Å². The average molecular weight is 277 g/mol. The molecular formula is C20H36. The molecule has 116 valence electrons. The summed E-state index contributed by atoms with van der Waals surface area (Å²) in [6.07, 6.45) is 7.58. The van der Waals surface area contributed by atoms with E-state index in [1.54, 1.807) is 6.42 Å². The predicted molar refractivity (Wildman–Crippen MR) is 87.5 cm³/mol. The molecule has 0 heteroatoms. The lowest BCUT2D eigenvalue weighted by Crippen LogP contribution is -2.37. The van der Waals surface area contributed by atoms with Crippen molar-refractivity contribution in [1.82, 2.24) is 0 Å². The van der Waals surface area contributed by atoms with Gasteiger partial charge in [0.25, 0.3) is 0 Å². The lowest BCUT2D eigenvalue weighted by Gasteiger charge is -2.43. The molecule has 3 rings (SSSR count). The molecule has 8 atom stereocenters. The van der Waals surface area contributed by atoms with E-state index in [2.05, 4.69) is 41.5 Å². The standard InChI is InChI=1S/C20H36/c1-12-7-10-19-11-20(19,16(12)5)17(6)14(3)13(2)15(4)18-8-9-18/h12-19H,7-11H2,1-6H3/t12-,13-,14+,15-,16+,17+,19+,20-/m0/s1. The van der Waals surface area contributed by atoms with Crippen LogP contribution in [-0.2, 0) is 0 Å². The molecule has 3 fully saturated rings. The van der Waals surface area contributed by atoms with E-state index in [4.69, 9.17) is 0 Å². The average Bonchev–Trinajstić information content (AvgIpc) is 3.32. The Bertz CT molecular complexity index is 355. The Labute approximate surface area is 127 Å². The Balaban J connectivity index is 1.70. The zero-order valence-electron chi connectivity index (χ0n) is 14.7. The minimum atomic E-state index is 0.731. The van der Waals surface area contributed by atoms with Gasteiger partial charge in [0.15, 0.2) is 0 Å². The fourth-order valence-corrected chi connectivity index (χ4v) is 5.99. The summed E-state index contributed by atoms with van der Waals surface area (Å²) in [7, 11) is 0. The summed E-state index contributed by atoms with van der Waals surface area (Å²) in [5.41, 5.74) is 0.731. The maximum absolute atomic E-state index is 2.61. The van der Waals surface area contributed by atoms with Crippen LogP contribution in [0.1, 0.15) is 73.6 Å². The Kier molecular flexibility index (Phi) is 3.75. The highest BCUT2D eigenvalue weighted by molar-refractivity contribution is 5.12. The highest BCUT2D eigenvalue weighted by Crippen LogP contribution is 2.70. The molecule has 0 amide bonds. The van der Waals surface area contributed by atoms with Crippen molar-refractivity contribution in [3.8, 4) is 0 Å². The molecule has 20 heavy (non-hydrogen) atoms. The normalized spacial score (nSPS) is 46.2. The van der Waals surface area contributed by atoms with Crippen molar-refractivity contribution in [2.24, 2.45) is 52.8 Å². The lowest BCUT2D eigenvalue weighted by atomic mass is 9.62. The lowest BCUT2D eigenvalue weighted by molar-refractivity contribution is 0.0497. The van der Waals surface area contributed by atoms with Crippen molar-refractivity contribution in [2.45, 2.75) is 73.6 Å². The van der Waals surface area contributed by atoms with Crippen LogP contribution in [-0.4, -0.2) is 0 Å². The second-order valence-corrected chi connectivity index (χ2v) is 9.06. The van der Waals surface area contributed by atoms with Crippen LogP contribution in [0.25, 0.3) is 0 Å². The Morgan fingerprint density at radius 2 is 1.50 bits per heavy atom. The number of hydrogen-bond donors (Lipinski definition) is 0. The van der Waals surface area contributed by atoms with Crippen LogP contribution in [0.2, 0.25) is 0 Å². The van der Waals surface area contributed by atoms with Crippen LogP contribution in [0.3, 0.4) is 0 Å². The first-order valence-electron chi connectivity index (χ1n) is 9.39. The molecule has 0 aromatic heterocycles. The summed E-state index contributed by atoms with van der Waals surface area (Å²) >= 11 is 0. The quantitative estimate of drug-likeness (QED) is 0.576. The molecule has 3 aliphatic carbocycles. The van der Waals surface area contributed by atoms with Crippen LogP contribution >= 0.6 is 0 Å². The Morgan fingerprint density at radius 3 is 2.10 bits per heavy atom. The molecule has 0 radical (unpaired) electrons. The molecule has 3 aliphatic rings. The molecule has 0 heterocycles. The third-order valence-electron chi connectivity index (χ3n) is 8.53. The van der Waals surface area contributed by atoms with Gasteiger partial charge < -0.3 is 0 Å². The maximum atomic E-state index is 2.61. The minimum absolute atomic E-state index is 0.731. The second-order valence-electron chi connectivity index (χ2n) is 9.06. The first-order chi connectivity index (χ1) is 9.39. The molecule has 0 aromatic rings. The summed E-state index contributed by atoms with van der Waals surface area (Å²) in [6.45, 7) is 15.3. The summed E-state index contributed by atoms with van der Waals surface area (Å²) in [4.78, 5) is 0. The molecule has 0 aromatic carbocycles. The number of fused-ring (bicyclic) bond motifs is 1. The highest BCUT2D eigenvalue weighted by Gasteiger charge is 2.63. The van der Waals surface area contributed by atoms with Crippen molar-refractivity contribution >= 4 is 0 Å². The summed E-state index contributed by atoms with van der Waals surface area (Å²) in [6, 6.07) is 0. The van der Waals surface area contributed by atoms with Gasteiger partial charge in [-0.2, -0.15) is 0 Å². The third kappa shape index (κ3) is 2.17. The van der Waals surface area contributed by atoms with Crippen LogP contribution in [0.5, 0.6) is 0 Å². The molecule has 0 bridgehead atoms. The molecular weight excluding hydrogens is 240 g/mol. The van der Waals surface area contributed by atoms with Crippen LogP contribution in [0.15, 0.2) is 0 Å². The highest BCUT2D eigenvalue weighted by atomic mass is 14.7. The topological polar surface area (TPSA) is 0 Å². The van der Waals surface area contributed by atoms with Crippen molar-refractivity contribution in [3.63, 3.8) is 0 Å². The van der Waals surface area contributed by atoms with E-state index in [0.29, 0.717) is 0 Å². The van der Waals surface area contributed by atoms with Gasteiger partial charge in [-0.25, -0.2) is 0 Å². The molecule has 0 aliphatic heterocycles. The van der Waals surface area contributed by atoms with Gasteiger partial charge in [-0.3, -0.25) is 0 Å². The van der Waals surface area contributed by atoms with E-state index in [1.807, 2.05) is 0 Å². The van der Waals surface area contributed by atoms with Gasteiger partial charge in [0.05, 0.1) is 0 Å². The summed E-state index contributed by atoms with van der Waals surface area (Å²) in [5, 5.41) is 0.